The standard InChI is InChI=1S/C21H17FO3/c1-14-11-18(19(21(23)24)12-20(14)22)16-7-9-17(10-8-16)25-13-15-5-3-2-4-6-15/h2-12H,13H2,1H3,(H,23,24). The van der Waals surface area contributed by atoms with Crippen LogP contribution in [-0.2, 0) is 6.61 Å². The van der Waals surface area contributed by atoms with Gasteiger partial charge in [0.1, 0.15) is 18.2 Å². The molecule has 0 fully saturated rings. The largest absolute Gasteiger partial charge is 0.489 e. The average Bonchev–Trinajstić information content (AvgIpc) is 2.63. The topological polar surface area (TPSA) is 46.5 Å². The van der Waals surface area contributed by atoms with Crippen LogP contribution in [0.5, 0.6) is 5.75 Å². The SMILES string of the molecule is Cc1cc(-c2ccc(OCc3ccccc3)cc2)c(C(=O)O)cc1F. The number of ether oxygens (including phenoxy) is 1. The summed E-state index contributed by atoms with van der Waals surface area (Å²) in [6.45, 7) is 2.07. The lowest BCUT2D eigenvalue weighted by Gasteiger charge is -2.11. The van der Waals surface area contributed by atoms with Gasteiger partial charge in [-0.15, -0.1) is 0 Å². The van der Waals surface area contributed by atoms with E-state index >= 15 is 0 Å². The van der Waals surface area contributed by atoms with Crippen molar-refractivity contribution in [3.05, 3.63) is 89.2 Å². The maximum absolute atomic E-state index is 13.7. The molecule has 0 aliphatic carbocycles. The summed E-state index contributed by atoms with van der Waals surface area (Å²) in [5.41, 5.74) is 2.60. The van der Waals surface area contributed by atoms with Crippen molar-refractivity contribution in [2.75, 3.05) is 0 Å². The molecule has 0 aromatic heterocycles. The molecule has 4 heteroatoms. The number of hydrogen-bond donors (Lipinski definition) is 1. The molecule has 3 aromatic carbocycles. The fourth-order valence-corrected chi connectivity index (χ4v) is 2.57. The molecule has 0 amide bonds. The van der Waals surface area contributed by atoms with Gasteiger partial charge in [-0.2, -0.15) is 0 Å². The molecular formula is C21H17FO3. The van der Waals surface area contributed by atoms with E-state index in [1.807, 2.05) is 30.3 Å². The lowest BCUT2D eigenvalue weighted by atomic mass is 9.97. The molecule has 1 N–H and O–H groups in total. The molecule has 3 rings (SSSR count). The predicted octanol–water partition coefficient (Wildman–Crippen LogP) is 5.08. The molecule has 0 radical (unpaired) electrons. The fraction of sp³-hybridized carbons (Fsp3) is 0.0952. The Kier molecular flexibility index (Phi) is 4.80. The van der Waals surface area contributed by atoms with Crippen LogP contribution in [0.2, 0.25) is 0 Å². The lowest BCUT2D eigenvalue weighted by Crippen LogP contribution is -2.02. The Balaban J connectivity index is 1.83. The Labute approximate surface area is 145 Å². The van der Waals surface area contributed by atoms with Gasteiger partial charge in [0.15, 0.2) is 0 Å². The van der Waals surface area contributed by atoms with E-state index < -0.39 is 11.8 Å². The van der Waals surface area contributed by atoms with Gasteiger partial charge in [-0.1, -0.05) is 42.5 Å². The Bertz CT molecular complexity index is 887. The van der Waals surface area contributed by atoms with Gasteiger partial charge < -0.3 is 9.84 Å². The van der Waals surface area contributed by atoms with E-state index in [0.29, 0.717) is 29.0 Å². The van der Waals surface area contributed by atoms with Gasteiger partial charge in [-0.05, 0) is 53.4 Å². The number of carboxylic acid groups (broad SMARTS) is 1. The summed E-state index contributed by atoms with van der Waals surface area (Å²) in [5.74, 6) is -0.995. The summed E-state index contributed by atoms with van der Waals surface area (Å²) in [5, 5.41) is 9.32. The van der Waals surface area contributed by atoms with E-state index in [4.69, 9.17) is 4.74 Å². The van der Waals surface area contributed by atoms with Gasteiger partial charge in [0, 0.05) is 0 Å². The molecule has 0 saturated carbocycles. The van der Waals surface area contributed by atoms with Crippen LogP contribution < -0.4 is 4.74 Å². The normalized spacial score (nSPS) is 10.5. The smallest absolute Gasteiger partial charge is 0.336 e. The molecule has 0 spiro atoms. The van der Waals surface area contributed by atoms with E-state index in [2.05, 4.69) is 0 Å². The maximum Gasteiger partial charge on any atom is 0.336 e. The van der Waals surface area contributed by atoms with Crippen molar-refractivity contribution in [2.45, 2.75) is 13.5 Å². The average molecular weight is 336 g/mol. The highest BCUT2D eigenvalue weighted by atomic mass is 19.1. The van der Waals surface area contributed by atoms with Crippen molar-refractivity contribution in [1.82, 2.24) is 0 Å². The minimum absolute atomic E-state index is 0.0546. The van der Waals surface area contributed by atoms with Crippen LogP contribution in [0.25, 0.3) is 11.1 Å². The highest BCUT2D eigenvalue weighted by Gasteiger charge is 2.15. The van der Waals surface area contributed by atoms with Crippen LogP contribution in [0.15, 0.2) is 66.7 Å². The zero-order valence-corrected chi connectivity index (χ0v) is 13.7. The third-order valence-corrected chi connectivity index (χ3v) is 3.94. The van der Waals surface area contributed by atoms with Crippen LogP contribution in [-0.4, -0.2) is 11.1 Å². The van der Waals surface area contributed by atoms with Gasteiger partial charge in [0.05, 0.1) is 5.56 Å². The van der Waals surface area contributed by atoms with Crippen LogP contribution >= 0.6 is 0 Å². The van der Waals surface area contributed by atoms with Gasteiger partial charge in [0.2, 0.25) is 0 Å². The fourth-order valence-electron chi connectivity index (χ4n) is 2.57. The van der Waals surface area contributed by atoms with E-state index in [0.717, 1.165) is 11.6 Å². The highest BCUT2D eigenvalue weighted by Crippen LogP contribution is 2.28. The summed E-state index contributed by atoms with van der Waals surface area (Å²) < 4.78 is 19.4. The number of benzene rings is 3. The first-order chi connectivity index (χ1) is 12.0. The molecule has 126 valence electrons. The van der Waals surface area contributed by atoms with Crippen molar-refractivity contribution in [2.24, 2.45) is 0 Å². The lowest BCUT2D eigenvalue weighted by molar-refractivity contribution is 0.0697. The Morgan fingerprint density at radius 1 is 1.04 bits per heavy atom. The molecule has 3 nitrogen and oxygen atoms in total. The molecule has 0 bridgehead atoms. The molecule has 0 unspecified atom stereocenters. The van der Waals surface area contributed by atoms with E-state index in [-0.39, 0.29) is 5.56 Å². The monoisotopic (exact) mass is 336 g/mol. The first kappa shape index (κ1) is 16.7. The number of carbonyl (C=O) groups is 1. The summed E-state index contributed by atoms with van der Waals surface area (Å²) in [6.07, 6.45) is 0. The second-order valence-electron chi connectivity index (χ2n) is 5.75. The summed E-state index contributed by atoms with van der Waals surface area (Å²) in [6, 6.07) is 19.5. The van der Waals surface area contributed by atoms with Crippen molar-refractivity contribution >= 4 is 5.97 Å². The Hall–Kier alpha value is -3.14. The van der Waals surface area contributed by atoms with E-state index in [9.17, 15) is 14.3 Å². The maximum atomic E-state index is 13.7. The van der Waals surface area contributed by atoms with Gasteiger partial charge >= 0.3 is 5.97 Å². The van der Waals surface area contributed by atoms with Gasteiger partial charge in [-0.3, -0.25) is 0 Å². The zero-order valence-electron chi connectivity index (χ0n) is 13.7. The van der Waals surface area contributed by atoms with Crippen LogP contribution in [0.1, 0.15) is 21.5 Å². The van der Waals surface area contributed by atoms with Crippen LogP contribution in [0, 0.1) is 12.7 Å². The van der Waals surface area contributed by atoms with E-state index in [1.165, 1.54) is 0 Å². The van der Waals surface area contributed by atoms with E-state index in [1.54, 1.807) is 37.3 Å². The predicted molar refractivity (Wildman–Crippen MR) is 94.3 cm³/mol. The minimum Gasteiger partial charge on any atom is -0.489 e. The van der Waals surface area contributed by atoms with Crippen molar-refractivity contribution in [1.29, 1.82) is 0 Å². The molecule has 25 heavy (non-hydrogen) atoms. The number of aryl methyl sites for hydroxylation is 1. The first-order valence-electron chi connectivity index (χ1n) is 7.85. The quantitative estimate of drug-likeness (QED) is 0.707. The molecule has 0 aliphatic rings. The molecule has 0 atom stereocenters. The van der Waals surface area contributed by atoms with Crippen LogP contribution in [0.4, 0.5) is 4.39 Å². The number of halogens is 1. The number of carboxylic acids is 1. The molecule has 3 aromatic rings. The van der Waals surface area contributed by atoms with Crippen molar-refractivity contribution in [3.63, 3.8) is 0 Å². The van der Waals surface area contributed by atoms with Crippen molar-refractivity contribution in [3.8, 4) is 16.9 Å². The summed E-state index contributed by atoms with van der Waals surface area (Å²) in [7, 11) is 0. The summed E-state index contributed by atoms with van der Waals surface area (Å²) in [4.78, 5) is 11.4. The minimum atomic E-state index is -1.15. The van der Waals surface area contributed by atoms with Crippen LogP contribution in [0.3, 0.4) is 0 Å². The third-order valence-electron chi connectivity index (χ3n) is 3.94. The Morgan fingerprint density at radius 3 is 2.36 bits per heavy atom. The first-order valence-corrected chi connectivity index (χ1v) is 7.85. The zero-order chi connectivity index (χ0) is 17.8. The molecule has 0 saturated heterocycles. The third kappa shape index (κ3) is 3.86. The second-order valence-corrected chi connectivity index (χ2v) is 5.75. The number of hydrogen-bond acceptors (Lipinski definition) is 2. The second kappa shape index (κ2) is 7.18. The molecule has 0 aliphatic heterocycles. The van der Waals surface area contributed by atoms with Gasteiger partial charge in [-0.25, -0.2) is 9.18 Å². The molecular weight excluding hydrogens is 319 g/mol. The van der Waals surface area contributed by atoms with Crippen molar-refractivity contribution < 1.29 is 19.0 Å². The summed E-state index contributed by atoms with van der Waals surface area (Å²) >= 11 is 0. The highest BCUT2D eigenvalue weighted by molar-refractivity contribution is 5.96. The Morgan fingerprint density at radius 2 is 1.72 bits per heavy atom. The van der Waals surface area contributed by atoms with Gasteiger partial charge in [0.25, 0.3) is 0 Å². The number of aromatic carboxylic acids is 1. The molecule has 0 heterocycles. The number of rotatable bonds is 5.